The van der Waals surface area contributed by atoms with Gasteiger partial charge in [0.25, 0.3) is 0 Å². The number of rotatable bonds is 4. The summed E-state index contributed by atoms with van der Waals surface area (Å²) in [5, 5.41) is 2.44. The van der Waals surface area contributed by atoms with E-state index in [4.69, 9.17) is 0 Å². The summed E-state index contributed by atoms with van der Waals surface area (Å²) in [7, 11) is -3.59. The van der Waals surface area contributed by atoms with Crippen LogP contribution in [0.2, 0.25) is 0 Å². The van der Waals surface area contributed by atoms with Gasteiger partial charge in [-0.05, 0) is 40.2 Å². The first-order valence-electron chi connectivity index (χ1n) is 8.76. The topological polar surface area (TPSA) is 53.5 Å². The third kappa shape index (κ3) is 4.20. The smallest absolute Gasteiger partial charge is 0.244 e. The number of sulfonamides is 1. The summed E-state index contributed by atoms with van der Waals surface area (Å²) in [6.45, 7) is 1.61. The fraction of sp³-hybridized carbons (Fsp3) is 0.211. The Morgan fingerprint density at radius 3 is 2.31 bits per heavy atom. The van der Waals surface area contributed by atoms with Crippen molar-refractivity contribution in [1.29, 1.82) is 0 Å². The Morgan fingerprint density at radius 1 is 1.00 bits per heavy atom. The zero-order chi connectivity index (χ0) is 20.6. The predicted octanol–water partition coefficient (Wildman–Crippen LogP) is 4.36. The van der Waals surface area contributed by atoms with E-state index in [-0.39, 0.29) is 4.90 Å². The van der Waals surface area contributed by atoms with Gasteiger partial charge in [-0.25, -0.2) is 22.2 Å². The first kappa shape index (κ1) is 20.4. The third-order valence-corrected chi connectivity index (χ3v) is 8.43. The minimum Gasteiger partial charge on any atom is -0.345 e. The van der Waals surface area contributed by atoms with Gasteiger partial charge in [-0.2, -0.15) is 4.31 Å². The van der Waals surface area contributed by atoms with Crippen molar-refractivity contribution in [2.45, 2.75) is 4.90 Å². The highest BCUT2D eigenvalue weighted by Gasteiger charge is 2.30. The van der Waals surface area contributed by atoms with Gasteiger partial charge in [0, 0.05) is 47.7 Å². The molecule has 1 fully saturated rings. The molecule has 3 aromatic rings. The van der Waals surface area contributed by atoms with Crippen LogP contribution in [0.15, 0.2) is 57.2 Å². The molecule has 0 amide bonds. The van der Waals surface area contributed by atoms with Crippen LogP contribution in [0.5, 0.6) is 0 Å². The maximum Gasteiger partial charge on any atom is 0.244 e. The summed E-state index contributed by atoms with van der Waals surface area (Å²) >= 11 is 4.67. The van der Waals surface area contributed by atoms with Crippen molar-refractivity contribution in [2.24, 2.45) is 0 Å². The third-order valence-electron chi connectivity index (χ3n) is 4.61. The monoisotopic (exact) mass is 499 g/mol. The van der Waals surface area contributed by atoms with Gasteiger partial charge >= 0.3 is 0 Å². The zero-order valence-corrected chi connectivity index (χ0v) is 18.3. The first-order chi connectivity index (χ1) is 13.8. The van der Waals surface area contributed by atoms with Crippen molar-refractivity contribution < 1.29 is 17.2 Å². The molecule has 0 unspecified atom stereocenters. The lowest BCUT2D eigenvalue weighted by atomic mass is 10.1. The van der Waals surface area contributed by atoms with Gasteiger partial charge in [0.05, 0.1) is 10.6 Å². The molecule has 0 saturated carbocycles. The van der Waals surface area contributed by atoms with Crippen LogP contribution in [0.1, 0.15) is 0 Å². The van der Waals surface area contributed by atoms with Crippen LogP contribution in [-0.4, -0.2) is 43.9 Å². The van der Waals surface area contributed by atoms with E-state index in [0.29, 0.717) is 47.0 Å². The Hall–Kier alpha value is -1.88. The zero-order valence-electron chi connectivity index (χ0n) is 15.1. The van der Waals surface area contributed by atoms with Crippen LogP contribution in [-0.2, 0) is 10.0 Å². The van der Waals surface area contributed by atoms with Crippen LogP contribution in [0.3, 0.4) is 0 Å². The summed E-state index contributed by atoms with van der Waals surface area (Å²) in [5.74, 6) is -1.30. The SMILES string of the molecule is O=S(=O)(c1ccccc1Br)N1CCN(c2nc(-c3cc(F)cc(F)c3)cs2)CC1. The van der Waals surface area contributed by atoms with Gasteiger partial charge in [-0.1, -0.05) is 12.1 Å². The number of hydrogen-bond donors (Lipinski definition) is 0. The molecule has 1 aromatic heterocycles. The van der Waals surface area contributed by atoms with Crippen molar-refractivity contribution >= 4 is 42.4 Å². The van der Waals surface area contributed by atoms with Gasteiger partial charge in [-0.15, -0.1) is 11.3 Å². The molecule has 1 aliphatic heterocycles. The number of aromatic nitrogens is 1. The van der Waals surface area contributed by atoms with Crippen molar-refractivity contribution in [1.82, 2.24) is 9.29 Å². The molecule has 0 N–H and O–H groups in total. The Balaban J connectivity index is 1.48. The molecule has 10 heteroatoms. The standard InChI is InChI=1S/C19H16BrF2N3O2S2/c20-16-3-1-2-4-18(16)29(26,27)25-7-5-24(6-8-25)19-23-17(12-28-19)13-9-14(21)11-15(22)10-13/h1-4,9-12H,5-8H2. The van der Waals surface area contributed by atoms with Crippen LogP contribution < -0.4 is 4.90 Å². The molecule has 4 rings (SSSR count). The number of thiazole rings is 1. The number of benzene rings is 2. The van der Waals surface area contributed by atoms with Crippen LogP contribution in [0.4, 0.5) is 13.9 Å². The molecule has 0 bridgehead atoms. The second-order valence-corrected chi connectivity index (χ2v) is 10.1. The van der Waals surface area contributed by atoms with Crippen molar-refractivity contribution in [3.8, 4) is 11.3 Å². The first-order valence-corrected chi connectivity index (χ1v) is 11.9. The van der Waals surface area contributed by atoms with E-state index < -0.39 is 21.7 Å². The summed E-state index contributed by atoms with van der Waals surface area (Å²) in [6.07, 6.45) is 0. The fourth-order valence-electron chi connectivity index (χ4n) is 3.16. The molecule has 2 heterocycles. The van der Waals surface area contributed by atoms with Crippen molar-refractivity contribution in [3.63, 3.8) is 0 Å². The highest BCUT2D eigenvalue weighted by atomic mass is 79.9. The second kappa shape index (κ2) is 8.10. The Kier molecular flexibility index (Phi) is 5.69. The number of nitrogens with zero attached hydrogens (tertiary/aromatic N) is 3. The van der Waals surface area contributed by atoms with Gasteiger partial charge < -0.3 is 4.90 Å². The predicted molar refractivity (Wildman–Crippen MR) is 113 cm³/mol. The van der Waals surface area contributed by atoms with E-state index in [9.17, 15) is 17.2 Å². The molecule has 0 atom stereocenters. The molecule has 5 nitrogen and oxygen atoms in total. The maximum absolute atomic E-state index is 13.5. The minimum absolute atomic E-state index is 0.248. The number of piperazine rings is 1. The lowest BCUT2D eigenvalue weighted by Crippen LogP contribution is -2.48. The molecule has 29 heavy (non-hydrogen) atoms. The van der Waals surface area contributed by atoms with E-state index in [1.54, 1.807) is 29.6 Å². The highest BCUT2D eigenvalue weighted by molar-refractivity contribution is 9.10. The van der Waals surface area contributed by atoms with E-state index in [1.807, 2.05) is 4.90 Å². The van der Waals surface area contributed by atoms with E-state index in [1.165, 1.54) is 27.8 Å². The van der Waals surface area contributed by atoms with Gasteiger partial charge in [0.2, 0.25) is 10.0 Å². The Bertz CT molecular complexity index is 1130. The quantitative estimate of drug-likeness (QED) is 0.535. The molecule has 1 aliphatic rings. The summed E-state index contributed by atoms with van der Waals surface area (Å²) < 4.78 is 54.7. The van der Waals surface area contributed by atoms with E-state index in [0.717, 1.165) is 6.07 Å². The summed E-state index contributed by atoms with van der Waals surface area (Å²) in [6, 6.07) is 10.0. The molecular weight excluding hydrogens is 484 g/mol. The largest absolute Gasteiger partial charge is 0.345 e. The van der Waals surface area contributed by atoms with E-state index in [2.05, 4.69) is 20.9 Å². The molecule has 0 aliphatic carbocycles. The number of anilines is 1. The average Bonchev–Trinajstić information content (AvgIpc) is 3.18. The lowest BCUT2D eigenvalue weighted by Gasteiger charge is -2.33. The molecule has 0 radical (unpaired) electrons. The van der Waals surface area contributed by atoms with Crippen LogP contribution in [0, 0.1) is 11.6 Å². The Labute approximate surface area is 179 Å². The molecule has 2 aromatic carbocycles. The highest BCUT2D eigenvalue weighted by Crippen LogP contribution is 2.30. The van der Waals surface area contributed by atoms with Crippen LogP contribution >= 0.6 is 27.3 Å². The lowest BCUT2D eigenvalue weighted by molar-refractivity contribution is 0.384. The maximum atomic E-state index is 13.5. The summed E-state index contributed by atoms with van der Waals surface area (Å²) in [4.78, 5) is 6.71. The molecule has 1 saturated heterocycles. The second-order valence-electron chi connectivity index (χ2n) is 6.49. The van der Waals surface area contributed by atoms with E-state index >= 15 is 0 Å². The average molecular weight is 500 g/mol. The normalized spacial score (nSPS) is 15.6. The number of hydrogen-bond acceptors (Lipinski definition) is 5. The molecule has 0 spiro atoms. The van der Waals surface area contributed by atoms with Gasteiger partial charge in [0.1, 0.15) is 11.6 Å². The van der Waals surface area contributed by atoms with Crippen LogP contribution in [0.25, 0.3) is 11.3 Å². The molecule has 152 valence electrons. The van der Waals surface area contributed by atoms with Gasteiger partial charge in [-0.3, -0.25) is 0 Å². The minimum atomic E-state index is -3.59. The molecular formula is C19H16BrF2N3O2S2. The van der Waals surface area contributed by atoms with Gasteiger partial charge in [0.15, 0.2) is 5.13 Å². The Morgan fingerprint density at radius 2 is 1.66 bits per heavy atom. The van der Waals surface area contributed by atoms with Crippen molar-refractivity contribution in [3.05, 3.63) is 64.0 Å². The fourth-order valence-corrected chi connectivity index (χ4v) is 6.43. The number of halogens is 3. The summed E-state index contributed by atoms with van der Waals surface area (Å²) in [5.41, 5.74) is 0.867. The van der Waals surface area contributed by atoms with Crippen molar-refractivity contribution in [2.75, 3.05) is 31.1 Å².